The van der Waals surface area contributed by atoms with Gasteiger partial charge in [-0.05, 0) is 30.7 Å². The smallest absolute Gasteiger partial charge is 0.331 e. The van der Waals surface area contributed by atoms with Gasteiger partial charge in [-0.15, -0.1) is 0 Å². The van der Waals surface area contributed by atoms with Crippen LogP contribution in [-0.4, -0.2) is 46.5 Å². The molecule has 4 N–H and O–H groups in total. The molecule has 0 aromatic heterocycles. The molecule has 7 heteroatoms. The Morgan fingerprint density at radius 1 is 1.29 bits per heavy atom. The van der Waals surface area contributed by atoms with E-state index in [4.69, 9.17) is 5.11 Å². The number of rotatable bonds is 5. The third-order valence-corrected chi connectivity index (χ3v) is 2.66. The molecule has 1 rings (SSSR count). The van der Waals surface area contributed by atoms with E-state index in [1.165, 1.54) is 31.2 Å². The second-order valence-corrected chi connectivity index (χ2v) is 4.33. The van der Waals surface area contributed by atoms with E-state index in [1.54, 1.807) is 0 Å². The molecule has 1 aromatic carbocycles. The van der Waals surface area contributed by atoms with Gasteiger partial charge < -0.3 is 25.4 Å². The lowest BCUT2D eigenvalue weighted by molar-refractivity contribution is -0.147. The summed E-state index contributed by atoms with van der Waals surface area (Å²) in [7, 11) is 1.15. The number of aliphatic hydroxyl groups is 1. The molecule has 1 aromatic rings. The van der Waals surface area contributed by atoms with E-state index >= 15 is 0 Å². The summed E-state index contributed by atoms with van der Waals surface area (Å²) in [5.74, 6) is -1.95. The van der Waals surface area contributed by atoms with Gasteiger partial charge in [-0.3, -0.25) is 4.79 Å². The van der Waals surface area contributed by atoms with Crippen molar-refractivity contribution < 1.29 is 29.6 Å². The second-order valence-electron chi connectivity index (χ2n) is 4.33. The van der Waals surface area contributed by atoms with Crippen molar-refractivity contribution in [1.29, 1.82) is 0 Å². The van der Waals surface area contributed by atoms with Crippen molar-refractivity contribution in [2.75, 3.05) is 7.11 Å². The minimum absolute atomic E-state index is 0.267. The lowest BCUT2D eigenvalue weighted by Crippen LogP contribution is -2.47. The molecule has 21 heavy (non-hydrogen) atoms. The van der Waals surface area contributed by atoms with Gasteiger partial charge in [0.2, 0.25) is 5.91 Å². The third-order valence-electron chi connectivity index (χ3n) is 2.66. The van der Waals surface area contributed by atoms with Crippen molar-refractivity contribution in [3.63, 3.8) is 0 Å². The lowest BCUT2D eigenvalue weighted by atomic mass is 10.1. The molecular formula is C14H17NO6. The van der Waals surface area contributed by atoms with E-state index in [0.717, 1.165) is 13.2 Å². The molecular weight excluding hydrogens is 278 g/mol. The van der Waals surface area contributed by atoms with Crippen LogP contribution in [0.1, 0.15) is 12.5 Å². The average Bonchev–Trinajstić information content (AvgIpc) is 2.44. The van der Waals surface area contributed by atoms with Gasteiger partial charge in [0.15, 0.2) is 17.5 Å². The number of amides is 1. The number of hydrogen-bond donors (Lipinski definition) is 4. The molecule has 0 fully saturated rings. The van der Waals surface area contributed by atoms with Gasteiger partial charge in [-0.25, -0.2) is 4.79 Å². The zero-order valence-corrected chi connectivity index (χ0v) is 11.6. The summed E-state index contributed by atoms with van der Waals surface area (Å²) in [4.78, 5) is 23.0. The molecule has 0 aliphatic carbocycles. The van der Waals surface area contributed by atoms with E-state index in [-0.39, 0.29) is 11.5 Å². The minimum Gasteiger partial charge on any atom is -0.504 e. The third kappa shape index (κ3) is 4.81. The van der Waals surface area contributed by atoms with Gasteiger partial charge in [0.05, 0.1) is 13.2 Å². The van der Waals surface area contributed by atoms with E-state index < -0.39 is 24.0 Å². The predicted molar refractivity (Wildman–Crippen MR) is 74.4 cm³/mol. The highest BCUT2D eigenvalue weighted by atomic mass is 16.5. The molecule has 0 saturated heterocycles. The van der Waals surface area contributed by atoms with Crippen molar-refractivity contribution in [3.8, 4) is 11.5 Å². The zero-order chi connectivity index (χ0) is 16.0. The highest BCUT2D eigenvalue weighted by molar-refractivity contribution is 5.94. The predicted octanol–water partition coefficient (Wildman–Crippen LogP) is 0.150. The molecule has 0 bridgehead atoms. The van der Waals surface area contributed by atoms with Crippen LogP contribution in [0.5, 0.6) is 11.5 Å². The summed E-state index contributed by atoms with van der Waals surface area (Å²) < 4.78 is 4.47. The van der Waals surface area contributed by atoms with Crippen LogP contribution in [0.15, 0.2) is 24.3 Å². The number of nitrogens with one attached hydrogen (secondary N) is 1. The van der Waals surface area contributed by atoms with Gasteiger partial charge in [-0.1, -0.05) is 6.07 Å². The standard InChI is InChI=1S/C14H17NO6/c1-8(16)13(14(20)21-2)15-12(19)6-4-9-3-5-10(17)11(18)7-9/h3-8,13,16-18H,1-2H3,(H,15,19)/b6-4+/t8-,13+/m1/s1. The fraction of sp³-hybridized carbons (Fsp3) is 0.286. The van der Waals surface area contributed by atoms with Crippen molar-refractivity contribution in [2.45, 2.75) is 19.1 Å². The molecule has 0 aliphatic rings. The van der Waals surface area contributed by atoms with Crippen LogP contribution in [0.4, 0.5) is 0 Å². The lowest BCUT2D eigenvalue weighted by Gasteiger charge is -2.17. The quantitative estimate of drug-likeness (QED) is 0.349. The maximum atomic E-state index is 11.7. The van der Waals surface area contributed by atoms with Crippen molar-refractivity contribution in [3.05, 3.63) is 29.8 Å². The Morgan fingerprint density at radius 2 is 1.95 bits per heavy atom. The Labute approximate surface area is 121 Å². The first-order chi connectivity index (χ1) is 9.85. The summed E-state index contributed by atoms with van der Waals surface area (Å²) in [6.07, 6.45) is 1.40. The second kappa shape index (κ2) is 7.30. The van der Waals surface area contributed by atoms with Crippen LogP contribution in [0.25, 0.3) is 6.08 Å². The van der Waals surface area contributed by atoms with Gasteiger partial charge in [0.25, 0.3) is 0 Å². The molecule has 0 saturated carbocycles. The first-order valence-electron chi connectivity index (χ1n) is 6.11. The Bertz CT molecular complexity index is 552. The highest BCUT2D eigenvalue weighted by Crippen LogP contribution is 2.25. The summed E-state index contributed by atoms with van der Waals surface area (Å²) in [5.41, 5.74) is 0.479. The fourth-order valence-corrected chi connectivity index (χ4v) is 1.52. The average molecular weight is 295 g/mol. The van der Waals surface area contributed by atoms with Crippen molar-refractivity contribution in [1.82, 2.24) is 5.32 Å². The number of benzene rings is 1. The van der Waals surface area contributed by atoms with Crippen LogP contribution in [-0.2, 0) is 14.3 Å². The topological polar surface area (TPSA) is 116 Å². The number of phenols is 2. The van der Waals surface area contributed by atoms with E-state index in [9.17, 15) is 19.8 Å². The molecule has 0 aliphatic heterocycles. The normalized spacial score (nSPS) is 13.7. The number of aromatic hydroxyl groups is 2. The monoisotopic (exact) mass is 295 g/mol. The first kappa shape index (κ1) is 16.5. The summed E-state index contributed by atoms with van der Waals surface area (Å²) in [5, 5.41) is 30.2. The SMILES string of the molecule is COC(=O)[C@@H](NC(=O)/C=C/c1ccc(O)c(O)c1)[C@@H](C)O. The summed E-state index contributed by atoms with van der Waals surface area (Å²) in [6, 6.07) is 2.87. The number of carbonyl (C=O) groups is 2. The maximum absolute atomic E-state index is 11.7. The number of ether oxygens (including phenoxy) is 1. The fourth-order valence-electron chi connectivity index (χ4n) is 1.52. The molecule has 0 heterocycles. The van der Waals surface area contributed by atoms with E-state index in [1.807, 2.05) is 0 Å². The van der Waals surface area contributed by atoms with Crippen LogP contribution in [0.3, 0.4) is 0 Å². The van der Waals surface area contributed by atoms with Gasteiger partial charge in [-0.2, -0.15) is 0 Å². The summed E-state index contributed by atoms with van der Waals surface area (Å²) in [6.45, 7) is 1.35. The molecule has 0 radical (unpaired) electrons. The molecule has 1 amide bonds. The number of hydrogen-bond acceptors (Lipinski definition) is 6. The highest BCUT2D eigenvalue weighted by Gasteiger charge is 2.25. The Balaban J connectivity index is 2.73. The Kier molecular flexibility index (Phi) is 5.74. The van der Waals surface area contributed by atoms with Crippen LogP contribution in [0, 0.1) is 0 Å². The van der Waals surface area contributed by atoms with Crippen LogP contribution < -0.4 is 5.32 Å². The van der Waals surface area contributed by atoms with Crippen molar-refractivity contribution >= 4 is 18.0 Å². The maximum Gasteiger partial charge on any atom is 0.331 e. The van der Waals surface area contributed by atoms with Gasteiger partial charge in [0.1, 0.15) is 0 Å². The van der Waals surface area contributed by atoms with Crippen molar-refractivity contribution in [2.24, 2.45) is 0 Å². The molecule has 7 nitrogen and oxygen atoms in total. The van der Waals surface area contributed by atoms with E-state index in [2.05, 4.69) is 10.1 Å². The molecule has 0 unspecified atom stereocenters. The number of esters is 1. The molecule has 2 atom stereocenters. The number of aliphatic hydroxyl groups excluding tert-OH is 1. The van der Waals surface area contributed by atoms with E-state index in [0.29, 0.717) is 5.56 Å². The Morgan fingerprint density at radius 3 is 2.48 bits per heavy atom. The Hall–Kier alpha value is -2.54. The van der Waals surface area contributed by atoms with Gasteiger partial charge in [0, 0.05) is 6.08 Å². The first-order valence-corrected chi connectivity index (χ1v) is 6.11. The minimum atomic E-state index is -1.17. The zero-order valence-electron chi connectivity index (χ0n) is 11.6. The number of phenolic OH excluding ortho intramolecular Hbond substituents is 2. The van der Waals surface area contributed by atoms with Gasteiger partial charge >= 0.3 is 5.97 Å². The molecule has 114 valence electrons. The number of methoxy groups -OCH3 is 1. The van der Waals surface area contributed by atoms with Crippen LogP contribution >= 0.6 is 0 Å². The molecule has 0 spiro atoms. The summed E-state index contributed by atoms with van der Waals surface area (Å²) >= 11 is 0. The number of carbonyl (C=O) groups excluding carboxylic acids is 2. The van der Waals surface area contributed by atoms with Crippen LogP contribution in [0.2, 0.25) is 0 Å². The largest absolute Gasteiger partial charge is 0.504 e.